The fraction of sp³-hybridized carbons (Fsp3) is 0.818. The van der Waals surface area contributed by atoms with Gasteiger partial charge in [-0.15, -0.1) is 0 Å². The molecule has 1 aliphatic rings. The molecule has 0 aromatic rings. The molecule has 0 bridgehead atoms. The van der Waals surface area contributed by atoms with Crippen molar-refractivity contribution >= 4 is 11.9 Å². The van der Waals surface area contributed by atoms with E-state index >= 15 is 0 Å². The van der Waals surface area contributed by atoms with Crippen LogP contribution in [0.1, 0.15) is 32.6 Å². The summed E-state index contributed by atoms with van der Waals surface area (Å²) in [5.74, 6) is -0.155. The molecule has 16 heavy (non-hydrogen) atoms. The number of nitrogens with one attached hydrogen (secondary N) is 2. The number of rotatable bonds is 6. The number of ether oxygens (including phenoxy) is 1. The minimum absolute atomic E-state index is 0.0393. The van der Waals surface area contributed by atoms with E-state index in [4.69, 9.17) is 4.74 Å². The Bertz CT molecular complexity index is 237. The molecule has 1 heterocycles. The standard InChI is InChI=1S/C11H20N2O3/c1-2-16-10(14)6-4-8-13-11(15)9-5-3-7-12-9/h9,12H,2-8H2,1H3,(H,13,15). The van der Waals surface area contributed by atoms with Gasteiger partial charge in [0.25, 0.3) is 0 Å². The first-order chi connectivity index (χ1) is 7.74. The maximum absolute atomic E-state index is 11.5. The molecule has 0 saturated carbocycles. The number of carbonyl (C=O) groups is 2. The summed E-state index contributed by atoms with van der Waals surface area (Å²) in [6, 6.07) is -0.0393. The van der Waals surface area contributed by atoms with E-state index in [-0.39, 0.29) is 17.9 Å². The van der Waals surface area contributed by atoms with Crippen LogP contribution in [0.5, 0.6) is 0 Å². The Hall–Kier alpha value is -1.10. The molecular formula is C11H20N2O3. The first-order valence-corrected chi connectivity index (χ1v) is 5.90. The van der Waals surface area contributed by atoms with Crippen molar-refractivity contribution in [1.29, 1.82) is 0 Å². The van der Waals surface area contributed by atoms with Gasteiger partial charge in [-0.3, -0.25) is 9.59 Å². The second-order valence-electron chi connectivity index (χ2n) is 3.85. The van der Waals surface area contributed by atoms with Crippen molar-refractivity contribution in [2.75, 3.05) is 19.7 Å². The highest BCUT2D eigenvalue weighted by Crippen LogP contribution is 2.04. The molecule has 1 aliphatic heterocycles. The van der Waals surface area contributed by atoms with Gasteiger partial charge in [-0.05, 0) is 32.7 Å². The lowest BCUT2D eigenvalue weighted by molar-refractivity contribution is -0.143. The van der Waals surface area contributed by atoms with Crippen molar-refractivity contribution in [3.8, 4) is 0 Å². The van der Waals surface area contributed by atoms with Gasteiger partial charge in [0.15, 0.2) is 0 Å². The first kappa shape index (κ1) is 13.0. The minimum atomic E-state index is -0.198. The lowest BCUT2D eigenvalue weighted by atomic mass is 10.2. The Balaban J connectivity index is 2.02. The van der Waals surface area contributed by atoms with Crippen molar-refractivity contribution in [2.24, 2.45) is 0 Å². The van der Waals surface area contributed by atoms with Crippen molar-refractivity contribution in [3.63, 3.8) is 0 Å². The van der Waals surface area contributed by atoms with Gasteiger partial charge < -0.3 is 15.4 Å². The molecule has 5 nitrogen and oxygen atoms in total. The van der Waals surface area contributed by atoms with Crippen molar-refractivity contribution in [3.05, 3.63) is 0 Å². The van der Waals surface area contributed by atoms with Gasteiger partial charge in [-0.2, -0.15) is 0 Å². The smallest absolute Gasteiger partial charge is 0.305 e. The van der Waals surface area contributed by atoms with E-state index in [1.165, 1.54) is 0 Å². The molecule has 1 fully saturated rings. The zero-order valence-electron chi connectivity index (χ0n) is 9.75. The molecule has 1 amide bonds. The fourth-order valence-electron chi connectivity index (χ4n) is 1.71. The number of esters is 1. The van der Waals surface area contributed by atoms with Crippen molar-refractivity contribution in [1.82, 2.24) is 10.6 Å². The van der Waals surface area contributed by atoms with Crippen LogP contribution in [0.4, 0.5) is 0 Å². The molecular weight excluding hydrogens is 208 g/mol. The minimum Gasteiger partial charge on any atom is -0.466 e. The molecule has 0 aromatic heterocycles. The second-order valence-corrected chi connectivity index (χ2v) is 3.85. The normalized spacial score (nSPS) is 19.4. The van der Waals surface area contributed by atoms with E-state index < -0.39 is 0 Å². The Morgan fingerprint density at radius 3 is 2.94 bits per heavy atom. The number of hydrogen-bond acceptors (Lipinski definition) is 4. The van der Waals surface area contributed by atoms with Crippen molar-refractivity contribution in [2.45, 2.75) is 38.6 Å². The third-order valence-electron chi connectivity index (χ3n) is 2.54. The summed E-state index contributed by atoms with van der Waals surface area (Å²) >= 11 is 0. The van der Waals surface area contributed by atoms with Crippen LogP contribution < -0.4 is 10.6 Å². The first-order valence-electron chi connectivity index (χ1n) is 5.90. The Kier molecular flexibility index (Phi) is 5.85. The molecule has 92 valence electrons. The molecule has 1 unspecified atom stereocenters. The fourth-order valence-corrected chi connectivity index (χ4v) is 1.71. The van der Waals surface area contributed by atoms with Crippen molar-refractivity contribution < 1.29 is 14.3 Å². The Morgan fingerprint density at radius 1 is 1.50 bits per heavy atom. The lowest BCUT2D eigenvalue weighted by Crippen LogP contribution is -2.40. The molecule has 0 aliphatic carbocycles. The van der Waals surface area contributed by atoms with Gasteiger partial charge in [0.2, 0.25) is 5.91 Å². The molecule has 0 aromatic carbocycles. The number of amides is 1. The summed E-state index contributed by atoms with van der Waals surface area (Å²) in [6.45, 7) is 3.65. The lowest BCUT2D eigenvalue weighted by Gasteiger charge is -2.10. The van der Waals surface area contributed by atoms with E-state index in [2.05, 4.69) is 10.6 Å². The number of carbonyl (C=O) groups excluding carboxylic acids is 2. The molecule has 5 heteroatoms. The third kappa shape index (κ3) is 4.61. The van der Waals surface area contributed by atoms with Crippen LogP contribution in [0, 0.1) is 0 Å². The molecule has 2 N–H and O–H groups in total. The maximum Gasteiger partial charge on any atom is 0.305 e. The largest absolute Gasteiger partial charge is 0.466 e. The van der Waals surface area contributed by atoms with E-state index in [1.54, 1.807) is 6.92 Å². The highest BCUT2D eigenvalue weighted by atomic mass is 16.5. The molecule has 0 radical (unpaired) electrons. The highest BCUT2D eigenvalue weighted by molar-refractivity contribution is 5.82. The summed E-state index contributed by atoms with van der Waals surface area (Å²) in [4.78, 5) is 22.5. The quantitative estimate of drug-likeness (QED) is 0.503. The molecule has 0 spiro atoms. The summed E-state index contributed by atoms with van der Waals surface area (Å²) in [5, 5.41) is 5.94. The topological polar surface area (TPSA) is 67.4 Å². The Morgan fingerprint density at radius 2 is 2.31 bits per heavy atom. The van der Waals surface area contributed by atoms with E-state index in [0.717, 1.165) is 19.4 Å². The highest BCUT2D eigenvalue weighted by Gasteiger charge is 2.21. The van der Waals surface area contributed by atoms with Gasteiger partial charge in [-0.1, -0.05) is 0 Å². The molecule has 1 saturated heterocycles. The summed E-state index contributed by atoms with van der Waals surface area (Å²) in [5.41, 5.74) is 0. The maximum atomic E-state index is 11.5. The van der Waals surface area contributed by atoms with Crippen LogP contribution in [0.2, 0.25) is 0 Å². The SMILES string of the molecule is CCOC(=O)CCCNC(=O)C1CCCN1. The van der Waals surface area contributed by atoms with Gasteiger partial charge in [0, 0.05) is 13.0 Å². The zero-order valence-corrected chi connectivity index (χ0v) is 9.75. The molecule has 1 atom stereocenters. The zero-order chi connectivity index (χ0) is 11.8. The van der Waals surface area contributed by atoms with Crippen LogP contribution in [0.3, 0.4) is 0 Å². The van der Waals surface area contributed by atoms with Crippen LogP contribution in [-0.2, 0) is 14.3 Å². The average molecular weight is 228 g/mol. The van der Waals surface area contributed by atoms with Crippen LogP contribution in [0.25, 0.3) is 0 Å². The summed E-state index contributed by atoms with van der Waals surface area (Å²) in [6.07, 6.45) is 2.97. The predicted octanol–water partition coefficient (Wildman–Crippen LogP) is 0.198. The Labute approximate surface area is 95.9 Å². The summed E-state index contributed by atoms with van der Waals surface area (Å²) in [7, 11) is 0. The summed E-state index contributed by atoms with van der Waals surface area (Å²) < 4.78 is 4.78. The molecule has 1 rings (SSSR count). The van der Waals surface area contributed by atoms with Crippen LogP contribution >= 0.6 is 0 Å². The number of hydrogen-bond donors (Lipinski definition) is 2. The monoisotopic (exact) mass is 228 g/mol. The van der Waals surface area contributed by atoms with Crippen LogP contribution in [-0.4, -0.2) is 37.6 Å². The van der Waals surface area contributed by atoms with Gasteiger partial charge in [0.05, 0.1) is 12.6 Å². The van der Waals surface area contributed by atoms with E-state index in [0.29, 0.717) is 26.0 Å². The predicted molar refractivity (Wildman–Crippen MR) is 59.9 cm³/mol. The van der Waals surface area contributed by atoms with Gasteiger partial charge in [0.1, 0.15) is 0 Å². The second kappa shape index (κ2) is 7.22. The van der Waals surface area contributed by atoms with Gasteiger partial charge in [-0.25, -0.2) is 0 Å². The third-order valence-corrected chi connectivity index (χ3v) is 2.54. The average Bonchev–Trinajstić information content (AvgIpc) is 2.78. The van der Waals surface area contributed by atoms with E-state index in [9.17, 15) is 9.59 Å². The van der Waals surface area contributed by atoms with Crippen LogP contribution in [0.15, 0.2) is 0 Å². The van der Waals surface area contributed by atoms with Gasteiger partial charge >= 0.3 is 5.97 Å². The van der Waals surface area contributed by atoms with E-state index in [1.807, 2.05) is 0 Å².